The maximum Gasteiger partial charge on any atom is 0.410 e. The van der Waals surface area contributed by atoms with E-state index in [1.54, 1.807) is 78.8 Å². The maximum atomic E-state index is 14.6. The van der Waals surface area contributed by atoms with Crippen LogP contribution in [0.5, 0.6) is 0 Å². The van der Waals surface area contributed by atoms with Gasteiger partial charge in [0.05, 0.1) is 38.9 Å². The highest BCUT2D eigenvalue weighted by Crippen LogP contribution is 2.36. The largest absolute Gasteiger partial charge is 0.466 e. The minimum absolute atomic E-state index is 0.0461. The van der Waals surface area contributed by atoms with Crippen molar-refractivity contribution < 1.29 is 66.9 Å². The van der Waals surface area contributed by atoms with E-state index >= 15 is 0 Å². The molecule has 23 heteroatoms. The quantitative estimate of drug-likeness (QED) is 0.0341. The number of carbonyl (C=O) groups excluding carboxylic acids is 10. The SMILES string of the molecule is CCOC(=O)CC[C@@H](NC(=O)CNC(=O)/C(C)=C/C(C(C)C)N(C)C(=O)CNC(=O)[C@@H](N(C)C(=O)OCc1ccc(NC(=O)CNC(=O)C(NC(=O)OC(C)(C)C)C(C)C)cc1)C(C)(C)c1cn(C)c2ccccc12)C(=O)OCC. The number of nitrogens with one attached hydrogen (secondary N) is 6. The predicted octanol–water partition coefficient (Wildman–Crippen LogP) is 4.75. The van der Waals surface area contributed by atoms with E-state index in [4.69, 9.17) is 18.9 Å². The van der Waals surface area contributed by atoms with E-state index in [9.17, 15) is 47.9 Å². The molecule has 23 nitrogen and oxygen atoms in total. The standard InChI is InChI=1S/C57H83N9O14/c1-16-77-47(70)27-26-41(53(74)78-17-2)62-45(68)30-58-50(71)36(7)28-43(34(3)4)65(14)46(69)31-60-52(73)49(57(11,12)40-32-64(13)42-21-19-18-20-39(40)42)66(15)55(76)79-33-37-22-24-38(25-23-37)61-44(67)29-59-51(72)48(35(5)6)63-54(75)80-56(8,9)10/h18-25,28,32,34-35,41,43,48-49H,16-17,26-27,29-31,33H2,1-15H3,(H,58,71)(H,59,72)(H,60,73)(H,61,67)(H,62,68)(H,63,75)/b36-28+/t41-,43?,48?,49-/m1/s1. The number of hydrogen-bond acceptors (Lipinski definition) is 14. The highest BCUT2D eigenvalue weighted by molar-refractivity contribution is 5.97. The molecule has 0 saturated carbocycles. The molecule has 3 aromatic rings. The van der Waals surface area contributed by atoms with E-state index < -0.39 is 108 Å². The van der Waals surface area contributed by atoms with Gasteiger partial charge in [-0.15, -0.1) is 0 Å². The zero-order valence-electron chi connectivity index (χ0n) is 49.0. The summed E-state index contributed by atoms with van der Waals surface area (Å²) in [4.78, 5) is 134. The van der Waals surface area contributed by atoms with Gasteiger partial charge in [0, 0.05) is 61.3 Å². The lowest BCUT2D eigenvalue weighted by Gasteiger charge is -2.39. The Kier molecular flexibility index (Phi) is 25.2. The molecule has 2 aromatic carbocycles. The second kappa shape index (κ2) is 30.4. The third kappa shape index (κ3) is 20.0. The number of alkyl carbamates (subject to hydrolysis) is 1. The number of likely N-dealkylation sites (N-methyl/N-ethyl adjacent to an activating group) is 2. The van der Waals surface area contributed by atoms with Gasteiger partial charge in [0.1, 0.15) is 30.3 Å². The summed E-state index contributed by atoms with van der Waals surface area (Å²) < 4.78 is 22.9. The molecule has 80 heavy (non-hydrogen) atoms. The van der Waals surface area contributed by atoms with Crippen LogP contribution in [0.3, 0.4) is 0 Å². The molecular formula is C57H83N9O14. The summed E-state index contributed by atoms with van der Waals surface area (Å²) >= 11 is 0. The highest BCUT2D eigenvalue weighted by Gasteiger charge is 2.44. The molecule has 1 aromatic heterocycles. The Labute approximate surface area is 468 Å². The number of fused-ring (bicyclic) bond motifs is 1. The molecule has 0 spiro atoms. The number of carbonyl (C=O) groups is 10. The number of rotatable bonds is 27. The van der Waals surface area contributed by atoms with E-state index in [0.29, 0.717) is 11.3 Å². The van der Waals surface area contributed by atoms with Crippen LogP contribution in [0, 0.1) is 11.8 Å². The number of para-hydroxylation sites is 1. The van der Waals surface area contributed by atoms with Gasteiger partial charge >= 0.3 is 24.1 Å². The van der Waals surface area contributed by atoms with Crippen molar-refractivity contribution in [3.63, 3.8) is 0 Å². The molecule has 0 radical (unpaired) electrons. The first-order valence-electron chi connectivity index (χ1n) is 26.6. The Hall–Kier alpha value is -7.98. The smallest absolute Gasteiger partial charge is 0.410 e. The Morgan fingerprint density at radius 3 is 1.93 bits per heavy atom. The van der Waals surface area contributed by atoms with Crippen LogP contribution in [0.1, 0.15) is 107 Å². The van der Waals surface area contributed by atoms with Crippen molar-refractivity contribution >= 4 is 76.2 Å². The van der Waals surface area contributed by atoms with Crippen LogP contribution in [-0.2, 0) is 76.4 Å². The summed E-state index contributed by atoms with van der Waals surface area (Å²) in [7, 11) is 4.83. The average molecular weight is 1120 g/mol. The fraction of sp³-hybridized carbons (Fsp3) is 0.544. The third-order valence-electron chi connectivity index (χ3n) is 12.8. The molecule has 2 unspecified atom stereocenters. The molecule has 0 aliphatic heterocycles. The topological polar surface area (TPSA) is 291 Å². The zero-order chi connectivity index (χ0) is 60.2. The van der Waals surface area contributed by atoms with E-state index in [1.165, 1.54) is 30.8 Å². The van der Waals surface area contributed by atoms with Crippen molar-refractivity contribution in [2.24, 2.45) is 18.9 Å². The van der Waals surface area contributed by atoms with Crippen LogP contribution < -0.4 is 31.9 Å². The van der Waals surface area contributed by atoms with E-state index in [1.807, 2.05) is 69.8 Å². The third-order valence-corrected chi connectivity index (χ3v) is 12.8. The molecule has 0 saturated heterocycles. The lowest BCUT2D eigenvalue weighted by Crippen LogP contribution is -2.58. The monoisotopic (exact) mass is 1120 g/mol. The Morgan fingerprint density at radius 1 is 0.713 bits per heavy atom. The van der Waals surface area contributed by atoms with Gasteiger partial charge in [0.15, 0.2) is 0 Å². The van der Waals surface area contributed by atoms with Crippen molar-refractivity contribution in [2.45, 2.75) is 138 Å². The number of hydrogen-bond donors (Lipinski definition) is 6. The van der Waals surface area contributed by atoms with Crippen LogP contribution in [-0.4, -0.2) is 151 Å². The first-order chi connectivity index (χ1) is 37.4. The van der Waals surface area contributed by atoms with E-state index in [-0.39, 0.29) is 56.6 Å². The summed E-state index contributed by atoms with van der Waals surface area (Å²) in [5.41, 5.74) is 0.884. The van der Waals surface area contributed by atoms with Crippen molar-refractivity contribution in [1.82, 2.24) is 41.0 Å². The fourth-order valence-electron chi connectivity index (χ4n) is 8.64. The second-order valence-corrected chi connectivity index (χ2v) is 21.5. The molecule has 0 bridgehead atoms. The Balaban J connectivity index is 1.73. The first kappa shape index (κ1) is 66.3. The molecular weight excluding hydrogens is 1030 g/mol. The van der Waals surface area contributed by atoms with Crippen LogP contribution in [0.25, 0.3) is 10.9 Å². The zero-order valence-corrected chi connectivity index (χ0v) is 49.0. The molecule has 3 rings (SSSR count). The van der Waals surface area contributed by atoms with Gasteiger partial charge in [0.2, 0.25) is 35.4 Å². The van der Waals surface area contributed by atoms with Crippen molar-refractivity contribution in [1.29, 1.82) is 0 Å². The van der Waals surface area contributed by atoms with Gasteiger partial charge in [-0.25, -0.2) is 14.4 Å². The van der Waals surface area contributed by atoms with Crippen LogP contribution in [0.2, 0.25) is 0 Å². The Morgan fingerprint density at radius 2 is 1.32 bits per heavy atom. The number of anilines is 1. The van der Waals surface area contributed by atoms with Crippen LogP contribution in [0.15, 0.2) is 66.4 Å². The summed E-state index contributed by atoms with van der Waals surface area (Å²) in [6.07, 6.45) is 1.63. The number of aryl methyl sites for hydroxylation is 1. The molecule has 1 heterocycles. The second-order valence-electron chi connectivity index (χ2n) is 21.5. The molecule has 6 N–H and O–H groups in total. The van der Waals surface area contributed by atoms with Gasteiger partial charge in [-0.3, -0.25) is 38.5 Å². The number of ether oxygens (including phenoxy) is 4. The number of aromatic nitrogens is 1. The highest BCUT2D eigenvalue weighted by atomic mass is 16.6. The summed E-state index contributed by atoms with van der Waals surface area (Å²) in [6, 6.07) is 10.0. The molecule has 0 aliphatic carbocycles. The number of nitrogens with zero attached hydrogens (tertiary/aromatic N) is 3. The van der Waals surface area contributed by atoms with Gasteiger partial charge in [-0.05, 0) is 89.1 Å². The summed E-state index contributed by atoms with van der Waals surface area (Å²) in [6.45, 7) is 19.3. The van der Waals surface area contributed by atoms with Crippen molar-refractivity contribution in [2.75, 3.05) is 52.3 Å². The van der Waals surface area contributed by atoms with E-state index in [2.05, 4.69) is 31.9 Å². The van der Waals surface area contributed by atoms with Crippen LogP contribution in [0.4, 0.5) is 15.3 Å². The minimum Gasteiger partial charge on any atom is -0.466 e. The molecule has 8 amide bonds. The molecule has 0 aliphatic rings. The van der Waals surface area contributed by atoms with Crippen molar-refractivity contribution in [3.05, 3.63) is 77.5 Å². The van der Waals surface area contributed by atoms with E-state index in [0.717, 1.165) is 16.5 Å². The van der Waals surface area contributed by atoms with Gasteiger partial charge < -0.3 is 60.3 Å². The van der Waals surface area contributed by atoms with Crippen LogP contribution >= 0.6 is 0 Å². The minimum atomic E-state index is -1.24. The Bertz CT molecular complexity index is 2710. The normalized spacial score (nSPS) is 13.2. The lowest BCUT2D eigenvalue weighted by molar-refractivity contribution is -0.148. The predicted molar refractivity (Wildman–Crippen MR) is 299 cm³/mol. The first-order valence-corrected chi connectivity index (χ1v) is 26.6. The number of benzene rings is 2. The van der Waals surface area contributed by atoms with Crippen molar-refractivity contribution in [3.8, 4) is 0 Å². The maximum absolute atomic E-state index is 14.6. The number of amides is 8. The summed E-state index contributed by atoms with van der Waals surface area (Å²) in [5, 5.41) is 16.4. The molecule has 4 atom stereocenters. The fourth-order valence-corrected chi connectivity index (χ4v) is 8.64. The molecule has 440 valence electrons. The summed E-state index contributed by atoms with van der Waals surface area (Å²) in [5.74, 6) is -5.43. The van der Waals surface area contributed by atoms with Gasteiger partial charge in [-0.1, -0.05) is 78.0 Å². The van der Waals surface area contributed by atoms with Gasteiger partial charge in [-0.2, -0.15) is 0 Å². The lowest BCUT2D eigenvalue weighted by atomic mass is 9.76. The molecule has 0 fully saturated rings. The number of esters is 2. The average Bonchev–Trinajstić information content (AvgIpc) is 3.74. The van der Waals surface area contributed by atoms with Gasteiger partial charge in [0.25, 0.3) is 0 Å².